The first-order chi connectivity index (χ1) is 8.20. The number of carboxylic acid groups (broad SMARTS) is 1. The summed E-state index contributed by atoms with van der Waals surface area (Å²) in [5, 5.41) is 18.2. The van der Waals surface area contributed by atoms with Crippen LogP contribution in [-0.2, 0) is 4.79 Å². The Labute approximate surface area is 96.9 Å². The highest BCUT2D eigenvalue weighted by atomic mass is 16.5. The van der Waals surface area contributed by atoms with Crippen molar-refractivity contribution in [3.8, 4) is 11.9 Å². The summed E-state index contributed by atoms with van der Waals surface area (Å²) < 4.78 is 4.96. The zero-order chi connectivity index (χ0) is 12.3. The van der Waals surface area contributed by atoms with E-state index in [2.05, 4.69) is 4.98 Å². The predicted octanol–water partition coefficient (Wildman–Crippen LogP) is 1.57. The highest BCUT2D eigenvalue weighted by molar-refractivity contribution is 5.85. The lowest BCUT2D eigenvalue weighted by molar-refractivity contribution is -0.139. The molecule has 1 heterocycles. The number of hydrogen-bond acceptors (Lipinski definition) is 4. The lowest BCUT2D eigenvalue weighted by Gasteiger charge is -2.05. The predicted molar refractivity (Wildman–Crippen MR) is 59.6 cm³/mol. The van der Waals surface area contributed by atoms with E-state index in [1.807, 2.05) is 12.1 Å². The van der Waals surface area contributed by atoms with Crippen LogP contribution in [0, 0.1) is 11.3 Å². The molecule has 5 nitrogen and oxygen atoms in total. The largest absolute Gasteiger partial charge is 0.479 e. The van der Waals surface area contributed by atoms with Crippen molar-refractivity contribution < 1.29 is 14.6 Å². The number of carbonyl (C=O) groups is 1. The van der Waals surface area contributed by atoms with Crippen LogP contribution in [0.5, 0.6) is 5.88 Å². The first kappa shape index (κ1) is 10.9. The minimum absolute atomic E-state index is 0.141. The molecule has 0 aliphatic heterocycles. The first-order valence-electron chi connectivity index (χ1n) is 4.85. The van der Waals surface area contributed by atoms with Crippen LogP contribution in [0.2, 0.25) is 0 Å². The van der Waals surface area contributed by atoms with Crippen LogP contribution in [0.25, 0.3) is 10.9 Å². The molecule has 0 saturated carbocycles. The molecule has 1 N–H and O–H groups in total. The topological polar surface area (TPSA) is 83.2 Å². The molecule has 1 aromatic carbocycles. The van der Waals surface area contributed by atoms with Crippen molar-refractivity contribution in [3.05, 3.63) is 35.9 Å². The van der Waals surface area contributed by atoms with Gasteiger partial charge in [0.1, 0.15) is 6.07 Å². The number of aliphatic carboxylic acids is 1. The molecule has 5 heteroatoms. The Morgan fingerprint density at radius 3 is 2.94 bits per heavy atom. The molecule has 0 bridgehead atoms. The van der Waals surface area contributed by atoms with Crippen LogP contribution in [0.15, 0.2) is 30.3 Å². The Kier molecular flexibility index (Phi) is 2.88. The lowest BCUT2D eigenvalue weighted by atomic mass is 10.1. The van der Waals surface area contributed by atoms with Crippen molar-refractivity contribution in [2.24, 2.45) is 0 Å². The van der Waals surface area contributed by atoms with Crippen molar-refractivity contribution >= 4 is 16.9 Å². The van der Waals surface area contributed by atoms with Crippen molar-refractivity contribution in [1.29, 1.82) is 5.26 Å². The van der Waals surface area contributed by atoms with Gasteiger partial charge in [0.15, 0.2) is 6.61 Å². The fraction of sp³-hybridized carbons (Fsp3) is 0.0833. The van der Waals surface area contributed by atoms with Gasteiger partial charge in [0.2, 0.25) is 5.88 Å². The van der Waals surface area contributed by atoms with Crippen molar-refractivity contribution in [3.63, 3.8) is 0 Å². The summed E-state index contributed by atoms with van der Waals surface area (Å²) in [6.07, 6.45) is 0. The van der Waals surface area contributed by atoms with Crippen LogP contribution < -0.4 is 4.74 Å². The highest BCUT2D eigenvalue weighted by Gasteiger charge is 2.07. The van der Waals surface area contributed by atoms with Gasteiger partial charge < -0.3 is 9.84 Å². The van der Waals surface area contributed by atoms with Crippen LogP contribution in [0.4, 0.5) is 0 Å². The molecule has 2 aromatic rings. The van der Waals surface area contributed by atoms with E-state index in [1.165, 1.54) is 6.07 Å². The molecule has 0 unspecified atom stereocenters. The molecule has 0 aliphatic carbocycles. The maximum absolute atomic E-state index is 10.4. The van der Waals surface area contributed by atoms with Gasteiger partial charge in [0.05, 0.1) is 11.1 Å². The number of fused-ring (bicyclic) bond motifs is 1. The van der Waals surface area contributed by atoms with Gasteiger partial charge >= 0.3 is 5.97 Å². The summed E-state index contributed by atoms with van der Waals surface area (Å²) in [7, 11) is 0. The Balaban J connectivity index is 2.46. The minimum atomic E-state index is -1.08. The second kappa shape index (κ2) is 4.49. The molecule has 84 valence electrons. The number of aromatic nitrogens is 1. The van der Waals surface area contributed by atoms with Gasteiger partial charge in [-0.15, -0.1) is 0 Å². The van der Waals surface area contributed by atoms with Gasteiger partial charge in [-0.3, -0.25) is 0 Å². The number of nitriles is 1. The number of hydrogen-bond donors (Lipinski definition) is 1. The third-order valence-electron chi connectivity index (χ3n) is 2.16. The van der Waals surface area contributed by atoms with Crippen LogP contribution >= 0.6 is 0 Å². The number of rotatable bonds is 3. The van der Waals surface area contributed by atoms with E-state index in [1.54, 1.807) is 18.2 Å². The van der Waals surface area contributed by atoms with Gasteiger partial charge in [-0.05, 0) is 6.07 Å². The van der Waals surface area contributed by atoms with Crippen LogP contribution in [0.3, 0.4) is 0 Å². The molecule has 0 saturated heterocycles. The highest BCUT2D eigenvalue weighted by Crippen LogP contribution is 2.21. The minimum Gasteiger partial charge on any atom is -0.479 e. The standard InChI is InChI=1S/C12H8N2O3/c13-6-8-5-11(17-7-12(15)16)14-10-4-2-1-3-9(8)10/h1-5H,7H2,(H,15,16). The van der Waals surface area contributed by atoms with Gasteiger partial charge in [0, 0.05) is 11.5 Å². The average Bonchev–Trinajstić information content (AvgIpc) is 2.35. The van der Waals surface area contributed by atoms with E-state index in [0.29, 0.717) is 11.1 Å². The molecule has 1 aromatic heterocycles. The van der Waals surface area contributed by atoms with Crippen LogP contribution in [0.1, 0.15) is 5.56 Å². The average molecular weight is 228 g/mol. The lowest BCUT2D eigenvalue weighted by Crippen LogP contribution is -2.10. The first-order valence-corrected chi connectivity index (χ1v) is 4.85. The monoisotopic (exact) mass is 228 g/mol. The summed E-state index contributed by atoms with van der Waals surface area (Å²) in [5.74, 6) is -0.943. The van der Waals surface area contributed by atoms with Gasteiger partial charge in [-0.25, -0.2) is 9.78 Å². The number of pyridine rings is 1. The van der Waals surface area contributed by atoms with E-state index < -0.39 is 12.6 Å². The third-order valence-corrected chi connectivity index (χ3v) is 2.16. The zero-order valence-corrected chi connectivity index (χ0v) is 8.75. The SMILES string of the molecule is N#Cc1cc(OCC(=O)O)nc2ccccc12. The number of carboxylic acids is 1. The number of ether oxygens (including phenoxy) is 1. The maximum Gasteiger partial charge on any atom is 0.341 e. The van der Waals surface area contributed by atoms with Gasteiger partial charge in [-0.1, -0.05) is 18.2 Å². The van der Waals surface area contributed by atoms with Crippen LogP contribution in [-0.4, -0.2) is 22.7 Å². The Morgan fingerprint density at radius 1 is 1.47 bits per heavy atom. The summed E-state index contributed by atoms with van der Waals surface area (Å²) >= 11 is 0. The molecule has 0 amide bonds. The van der Waals surface area contributed by atoms with Crippen molar-refractivity contribution in [1.82, 2.24) is 4.98 Å². The fourth-order valence-corrected chi connectivity index (χ4v) is 1.45. The number of para-hydroxylation sites is 1. The second-order valence-electron chi connectivity index (χ2n) is 3.32. The molecule has 2 rings (SSSR count). The molecule has 0 fully saturated rings. The Morgan fingerprint density at radius 2 is 2.24 bits per heavy atom. The smallest absolute Gasteiger partial charge is 0.341 e. The van der Waals surface area contributed by atoms with E-state index in [4.69, 9.17) is 15.1 Å². The Hall–Kier alpha value is -2.61. The van der Waals surface area contributed by atoms with Crippen molar-refractivity contribution in [2.45, 2.75) is 0 Å². The second-order valence-corrected chi connectivity index (χ2v) is 3.32. The maximum atomic E-state index is 10.4. The van der Waals surface area contributed by atoms with E-state index in [0.717, 1.165) is 5.39 Å². The summed E-state index contributed by atoms with van der Waals surface area (Å²) in [6, 6.07) is 10.6. The van der Waals surface area contributed by atoms with Gasteiger partial charge in [0.25, 0.3) is 0 Å². The quantitative estimate of drug-likeness (QED) is 0.862. The summed E-state index contributed by atoms with van der Waals surface area (Å²) in [4.78, 5) is 14.5. The molecule has 17 heavy (non-hydrogen) atoms. The molecule has 0 atom stereocenters. The zero-order valence-electron chi connectivity index (χ0n) is 8.75. The van der Waals surface area contributed by atoms with E-state index >= 15 is 0 Å². The molecular weight excluding hydrogens is 220 g/mol. The molecule has 0 aliphatic rings. The summed E-state index contributed by atoms with van der Waals surface area (Å²) in [6.45, 7) is -0.476. The number of nitrogens with zero attached hydrogens (tertiary/aromatic N) is 2. The van der Waals surface area contributed by atoms with E-state index in [9.17, 15) is 4.79 Å². The third kappa shape index (κ3) is 2.32. The van der Waals surface area contributed by atoms with E-state index in [-0.39, 0.29) is 5.88 Å². The normalized spacial score (nSPS) is 9.82. The number of benzene rings is 1. The van der Waals surface area contributed by atoms with Crippen molar-refractivity contribution in [2.75, 3.05) is 6.61 Å². The summed E-state index contributed by atoms with van der Waals surface area (Å²) in [5.41, 5.74) is 1.02. The molecule has 0 spiro atoms. The molecule has 0 radical (unpaired) electrons. The van der Waals surface area contributed by atoms with Gasteiger partial charge in [-0.2, -0.15) is 5.26 Å². The molecular formula is C12H8N2O3. The fourth-order valence-electron chi connectivity index (χ4n) is 1.45. The Bertz CT molecular complexity index is 617.